The molecule has 0 saturated carbocycles. The molecule has 1 N–H and O–H groups in total. The number of fused-ring (bicyclic) bond motifs is 3. The summed E-state index contributed by atoms with van der Waals surface area (Å²) in [6.45, 7) is 17.7. The number of rotatable bonds is 11. The molecule has 1 aliphatic carbocycles. The Bertz CT molecular complexity index is 971. The van der Waals surface area contributed by atoms with Gasteiger partial charge in [-0.15, -0.1) is 0 Å². The Morgan fingerprint density at radius 2 is 1.81 bits per heavy atom. The van der Waals surface area contributed by atoms with E-state index in [0.717, 1.165) is 48.6 Å². The summed E-state index contributed by atoms with van der Waals surface area (Å²) >= 11 is 3.55. The van der Waals surface area contributed by atoms with Crippen molar-refractivity contribution in [2.24, 2.45) is 5.92 Å². The molecular formula is C31H49BrO3Si. The third kappa shape index (κ3) is 6.38. The van der Waals surface area contributed by atoms with Crippen LogP contribution in [-0.2, 0) is 16.6 Å². The van der Waals surface area contributed by atoms with Crippen molar-refractivity contribution in [3.8, 4) is 5.75 Å². The van der Waals surface area contributed by atoms with E-state index in [-0.39, 0.29) is 22.0 Å². The standard InChI is InChI=1S/C31H49BrO3Si/c1-29(2,15-11-9-10-12-16-32)24-18-23(20-30(3,4)36(7,8)34)28-25-17-22(21-33)13-14-26(25)31(5,6)35-27(28)19-24/h13,18-19,21,25-26,34H,9-12,14-17,20H2,1-8H3/t25?,26-/m1/s1. The van der Waals surface area contributed by atoms with Crippen LogP contribution in [0.3, 0.4) is 0 Å². The maximum atomic E-state index is 11.8. The number of hydrogen-bond donors (Lipinski definition) is 1. The lowest BCUT2D eigenvalue weighted by Gasteiger charge is -2.48. The molecule has 5 heteroatoms. The largest absolute Gasteiger partial charge is 0.487 e. The van der Waals surface area contributed by atoms with Crippen LogP contribution in [-0.4, -0.2) is 30.3 Å². The number of aldehydes is 1. The molecular weight excluding hydrogens is 528 g/mol. The number of unbranched alkanes of at least 4 members (excludes halogenated alkanes) is 3. The highest BCUT2D eigenvalue weighted by Gasteiger charge is 2.47. The van der Waals surface area contributed by atoms with Gasteiger partial charge in [0.2, 0.25) is 0 Å². The molecule has 36 heavy (non-hydrogen) atoms. The van der Waals surface area contributed by atoms with Gasteiger partial charge in [0.25, 0.3) is 0 Å². The molecule has 1 aromatic carbocycles. The van der Waals surface area contributed by atoms with E-state index in [1.54, 1.807) is 0 Å². The molecule has 3 nitrogen and oxygen atoms in total. The van der Waals surface area contributed by atoms with E-state index in [2.05, 4.69) is 88.8 Å². The molecule has 0 bridgehead atoms. The second-order valence-corrected chi connectivity index (χ2v) is 18.9. The summed E-state index contributed by atoms with van der Waals surface area (Å²) in [6, 6.07) is 4.74. The molecule has 0 fully saturated rings. The quantitative estimate of drug-likeness (QED) is 0.124. The molecule has 1 aliphatic heterocycles. The number of benzene rings is 1. The zero-order valence-electron chi connectivity index (χ0n) is 24.0. The number of allylic oxidation sites excluding steroid dienone is 2. The first-order valence-electron chi connectivity index (χ1n) is 13.9. The molecule has 1 unspecified atom stereocenters. The predicted octanol–water partition coefficient (Wildman–Crippen LogP) is 8.62. The number of halogens is 1. The summed E-state index contributed by atoms with van der Waals surface area (Å²) in [4.78, 5) is 22.9. The summed E-state index contributed by atoms with van der Waals surface area (Å²) in [5, 5.41) is 0.904. The van der Waals surface area contributed by atoms with Crippen LogP contribution in [0.5, 0.6) is 5.75 Å². The lowest BCUT2D eigenvalue weighted by atomic mass is 9.65. The van der Waals surface area contributed by atoms with Crippen LogP contribution >= 0.6 is 15.9 Å². The van der Waals surface area contributed by atoms with Gasteiger partial charge in [-0.05, 0) is 98.2 Å². The Balaban J connectivity index is 2.09. The van der Waals surface area contributed by atoms with Crippen molar-refractivity contribution in [3.05, 3.63) is 40.5 Å². The first kappa shape index (κ1) is 29.6. The average molecular weight is 578 g/mol. The molecule has 0 radical (unpaired) electrons. The molecule has 0 spiro atoms. The summed E-state index contributed by atoms with van der Waals surface area (Å²) in [6.07, 6.45) is 11.8. The number of ether oxygens (including phenoxy) is 1. The average Bonchev–Trinajstić information content (AvgIpc) is 2.76. The highest BCUT2D eigenvalue weighted by Crippen LogP contribution is 2.54. The van der Waals surface area contributed by atoms with Gasteiger partial charge in [0, 0.05) is 16.8 Å². The molecule has 1 aromatic rings. The van der Waals surface area contributed by atoms with Gasteiger partial charge >= 0.3 is 0 Å². The molecule has 3 rings (SSSR count). The maximum Gasteiger partial charge on any atom is 0.188 e. The summed E-state index contributed by atoms with van der Waals surface area (Å²) in [5.74, 6) is 1.61. The topological polar surface area (TPSA) is 46.5 Å². The van der Waals surface area contributed by atoms with Gasteiger partial charge < -0.3 is 9.53 Å². The van der Waals surface area contributed by atoms with Gasteiger partial charge in [0.1, 0.15) is 17.6 Å². The van der Waals surface area contributed by atoms with E-state index < -0.39 is 8.32 Å². The van der Waals surface area contributed by atoms with Crippen LogP contribution in [0.15, 0.2) is 23.8 Å². The SMILES string of the molecule is CC(C)(CCCCCCBr)c1cc(CC(C)(C)[Si](C)(C)O)c2c(c1)OC(C)(C)[C@@H]1CC=C(C=O)CC21. The minimum atomic E-state index is -2.41. The Labute approximate surface area is 229 Å². The van der Waals surface area contributed by atoms with Crippen molar-refractivity contribution in [2.75, 3.05) is 5.33 Å². The van der Waals surface area contributed by atoms with E-state index >= 15 is 0 Å². The van der Waals surface area contributed by atoms with E-state index in [4.69, 9.17) is 4.74 Å². The number of alkyl halides is 1. The monoisotopic (exact) mass is 576 g/mol. The van der Waals surface area contributed by atoms with Gasteiger partial charge in [0.05, 0.1) is 0 Å². The molecule has 2 aliphatic rings. The van der Waals surface area contributed by atoms with Gasteiger partial charge in [-0.2, -0.15) is 0 Å². The minimum absolute atomic E-state index is 0.0409. The second-order valence-electron chi connectivity index (χ2n) is 13.7. The maximum absolute atomic E-state index is 11.8. The zero-order chi connectivity index (χ0) is 26.9. The summed E-state index contributed by atoms with van der Waals surface area (Å²) < 4.78 is 6.82. The van der Waals surface area contributed by atoms with Crippen LogP contribution in [0.4, 0.5) is 0 Å². The van der Waals surface area contributed by atoms with Crippen molar-refractivity contribution >= 4 is 30.5 Å². The fourth-order valence-electron chi connectivity index (χ4n) is 6.03. The Kier molecular flexibility index (Phi) is 9.11. The van der Waals surface area contributed by atoms with Crippen molar-refractivity contribution in [1.29, 1.82) is 0 Å². The fraction of sp³-hybridized carbons (Fsp3) is 0.710. The smallest absolute Gasteiger partial charge is 0.188 e. The van der Waals surface area contributed by atoms with E-state index in [1.165, 1.54) is 42.4 Å². The number of hydrogen-bond acceptors (Lipinski definition) is 3. The molecule has 0 amide bonds. The van der Waals surface area contributed by atoms with Crippen LogP contribution < -0.4 is 4.74 Å². The normalized spacial score (nSPS) is 21.8. The van der Waals surface area contributed by atoms with Crippen LogP contribution in [0, 0.1) is 5.92 Å². The Morgan fingerprint density at radius 1 is 1.14 bits per heavy atom. The van der Waals surface area contributed by atoms with Crippen molar-refractivity contribution < 1.29 is 14.3 Å². The summed E-state index contributed by atoms with van der Waals surface area (Å²) in [5.41, 5.74) is 4.59. The van der Waals surface area contributed by atoms with Gasteiger partial charge in [0.15, 0.2) is 8.32 Å². The summed E-state index contributed by atoms with van der Waals surface area (Å²) in [7, 11) is -2.41. The highest BCUT2D eigenvalue weighted by molar-refractivity contribution is 9.09. The fourth-order valence-corrected chi connectivity index (χ4v) is 7.05. The van der Waals surface area contributed by atoms with Gasteiger partial charge in [-0.1, -0.05) is 75.0 Å². The van der Waals surface area contributed by atoms with Crippen LogP contribution in [0.2, 0.25) is 18.1 Å². The first-order chi connectivity index (χ1) is 16.6. The Morgan fingerprint density at radius 3 is 2.42 bits per heavy atom. The van der Waals surface area contributed by atoms with E-state index in [1.807, 2.05) is 0 Å². The third-order valence-electron chi connectivity index (χ3n) is 9.35. The van der Waals surface area contributed by atoms with E-state index in [9.17, 15) is 9.59 Å². The van der Waals surface area contributed by atoms with Crippen molar-refractivity contribution in [1.82, 2.24) is 0 Å². The van der Waals surface area contributed by atoms with Crippen molar-refractivity contribution in [2.45, 2.75) is 128 Å². The molecule has 1 heterocycles. The number of carbonyl (C=O) groups is 1. The molecule has 2 atom stereocenters. The van der Waals surface area contributed by atoms with Crippen molar-refractivity contribution in [3.63, 3.8) is 0 Å². The van der Waals surface area contributed by atoms with Crippen LogP contribution in [0.1, 0.15) is 109 Å². The lowest BCUT2D eigenvalue weighted by Crippen LogP contribution is -2.46. The highest BCUT2D eigenvalue weighted by atomic mass is 79.9. The molecule has 0 aromatic heterocycles. The Hall–Kier alpha value is -0.913. The third-order valence-corrected chi connectivity index (χ3v) is 13.4. The lowest BCUT2D eigenvalue weighted by molar-refractivity contribution is -0.105. The first-order valence-corrected chi connectivity index (χ1v) is 18.0. The minimum Gasteiger partial charge on any atom is -0.487 e. The van der Waals surface area contributed by atoms with Gasteiger partial charge in [-0.3, -0.25) is 4.79 Å². The van der Waals surface area contributed by atoms with E-state index in [0.29, 0.717) is 5.92 Å². The van der Waals surface area contributed by atoms with Gasteiger partial charge in [-0.25, -0.2) is 0 Å². The zero-order valence-corrected chi connectivity index (χ0v) is 26.6. The molecule has 202 valence electrons. The van der Waals surface area contributed by atoms with Crippen LogP contribution in [0.25, 0.3) is 0 Å². The predicted molar refractivity (Wildman–Crippen MR) is 158 cm³/mol. The second kappa shape index (κ2) is 11.1. The number of carbonyl (C=O) groups excluding carboxylic acids is 1. The molecule has 0 saturated heterocycles.